The molecule has 0 radical (unpaired) electrons. The molecule has 7 heteroatoms. The minimum Gasteiger partial charge on any atom is -0.451 e. The third kappa shape index (κ3) is 5.31. The van der Waals surface area contributed by atoms with Crippen molar-refractivity contribution >= 4 is 21.8 Å². The summed E-state index contributed by atoms with van der Waals surface area (Å²) in [7, 11) is -3.69. The maximum absolute atomic E-state index is 12.7. The first kappa shape index (κ1) is 22.8. The Bertz CT molecular complexity index is 963. The second-order valence-electron chi connectivity index (χ2n) is 6.58. The molecule has 0 bridgehead atoms. The van der Waals surface area contributed by atoms with Crippen LogP contribution in [0.5, 0.6) is 0 Å². The summed E-state index contributed by atoms with van der Waals surface area (Å²) in [6.07, 6.45) is -0.121. The number of hydrogen-bond acceptors (Lipinski definition) is 5. The van der Waals surface area contributed by atoms with Crippen molar-refractivity contribution in [3.05, 3.63) is 65.2 Å². The lowest BCUT2D eigenvalue weighted by Crippen LogP contribution is -2.30. The highest BCUT2D eigenvalue weighted by Gasteiger charge is 2.24. The third-order valence-corrected chi connectivity index (χ3v) is 6.76. The van der Waals surface area contributed by atoms with E-state index in [2.05, 4.69) is 0 Å². The highest BCUT2D eigenvalue weighted by molar-refractivity contribution is 7.89. The van der Waals surface area contributed by atoms with E-state index in [1.165, 1.54) is 35.5 Å². The second-order valence-corrected chi connectivity index (χ2v) is 8.52. The molecule has 0 saturated heterocycles. The monoisotopic (exact) mass is 417 g/mol. The molecule has 6 nitrogen and oxygen atoms in total. The minimum atomic E-state index is -3.69. The maximum Gasteiger partial charge on any atom is 0.338 e. The zero-order valence-corrected chi connectivity index (χ0v) is 18.0. The van der Waals surface area contributed by atoms with Gasteiger partial charge < -0.3 is 4.74 Å². The van der Waals surface area contributed by atoms with E-state index in [4.69, 9.17) is 4.74 Å². The van der Waals surface area contributed by atoms with Crippen molar-refractivity contribution in [3.63, 3.8) is 0 Å². The summed E-state index contributed by atoms with van der Waals surface area (Å²) in [6, 6.07) is 12.8. The lowest BCUT2D eigenvalue weighted by atomic mass is 10.0. The third-order valence-electron chi connectivity index (χ3n) is 4.71. The average molecular weight is 418 g/mol. The standard InChI is InChI=1S/C22H27NO5S/c1-5-17-11-13-18(14-12-17)21(24)16(4)28-22(25)19-9-8-10-20(15-19)29(26,27)23(6-2)7-3/h8-16H,5-7H2,1-4H3. The number of nitrogens with zero attached hydrogens (tertiary/aromatic N) is 1. The fourth-order valence-electron chi connectivity index (χ4n) is 2.92. The normalized spacial score (nSPS) is 12.6. The molecule has 0 saturated carbocycles. The van der Waals surface area contributed by atoms with Gasteiger partial charge in [-0.2, -0.15) is 4.31 Å². The van der Waals surface area contributed by atoms with Gasteiger partial charge in [0.05, 0.1) is 10.5 Å². The number of sulfonamides is 1. The van der Waals surface area contributed by atoms with Crippen molar-refractivity contribution in [2.45, 2.75) is 45.1 Å². The van der Waals surface area contributed by atoms with Crippen LogP contribution in [-0.4, -0.2) is 43.7 Å². The van der Waals surface area contributed by atoms with Gasteiger partial charge in [0.1, 0.15) is 0 Å². The number of aryl methyl sites for hydroxylation is 1. The molecule has 2 aromatic carbocycles. The SMILES string of the molecule is CCc1ccc(C(=O)C(C)OC(=O)c2cccc(S(=O)(=O)N(CC)CC)c2)cc1. The van der Waals surface area contributed by atoms with Crippen LogP contribution in [0.4, 0.5) is 0 Å². The molecule has 0 aromatic heterocycles. The number of hydrogen-bond donors (Lipinski definition) is 0. The molecule has 156 valence electrons. The summed E-state index contributed by atoms with van der Waals surface area (Å²) in [5, 5.41) is 0. The Morgan fingerprint density at radius 3 is 2.14 bits per heavy atom. The van der Waals surface area contributed by atoms with Crippen molar-refractivity contribution in [3.8, 4) is 0 Å². The molecule has 0 amide bonds. The Balaban J connectivity index is 2.17. The molecule has 0 aliphatic rings. The fourth-order valence-corrected chi connectivity index (χ4v) is 4.42. The molecule has 2 rings (SSSR count). The van der Waals surface area contributed by atoms with E-state index in [0.717, 1.165) is 12.0 Å². The lowest BCUT2D eigenvalue weighted by molar-refractivity contribution is 0.0318. The first-order valence-electron chi connectivity index (χ1n) is 9.68. The van der Waals surface area contributed by atoms with Crippen LogP contribution in [0.2, 0.25) is 0 Å². The Hall–Kier alpha value is -2.51. The summed E-state index contributed by atoms with van der Waals surface area (Å²) < 4.78 is 31.9. The van der Waals surface area contributed by atoms with Crippen molar-refractivity contribution < 1.29 is 22.7 Å². The predicted octanol–water partition coefficient (Wildman–Crippen LogP) is 3.71. The number of carbonyl (C=O) groups excluding carboxylic acids is 2. The van der Waals surface area contributed by atoms with E-state index in [1.807, 2.05) is 19.1 Å². The highest BCUT2D eigenvalue weighted by Crippen LogP contribution is 2.18. The van der Waals surface area contributed by atoms with Crippen LogP contribution in [0.3, 0.4) is 0 Å². The highest BCUT2D eigenvalue weighted by atomic mass is 32.2. The Kier molecular flexibility index (Phi) is 7.70. The van der Waals surface area contributed by atoms with Crippen molar-refractivity contribution in [1.82, 2.24) is 4.31 Å². The van der Waals surface area contributed by atoms with Crippen LogP contribution in [-0.2, 0) is 21.2 Å². The molecule has 1 atom stereocenters. The van der Waals surface area contributed by atoms with Crippen LogP contribution in [0.15, 0.2) is 53.4 Å². The molecule has 0 spiro atoms. The summed E-state index contributed by atoms with van der Waals surface area (Å²) in [5.74, 6) is -1.06. The van der Waals surface area contributed by atoms with Crippen molar-refractivity contribution in [2.75, 3.05) is 13.1 Å². The van der Waals surface area contributed by atoms with E-state index < -0.39 is 22.1 Å². The van der Waals surface area contributed by atoms with E-state index in [-0.39, 0.29) is 16.2 Å². The molecule has 0 fully saturated rings. The van der Waals surface area contributed by atoms with Crippen LogP contribution in [0.25, 0.3) is 0 Å². The van der Waals surface area contributed by atoms with E-state index in [9.17, 15) is 18.0 Å². The first-order chi connectivity index (χ1) is 13.7. The Morgan fingerprint density at radius 1 is 0.966 bits per heavy atom. The molecule has 2 aromatic rings. The first-order valence-corrected chi connectivity index (χ1v) is 11.1. The molecule has 0 N–H and O–H groups in total. The number of Topliss-reactive ketones (excluding diaryl/α,β-unsaturated/α-hetero) is 1. The summed E-state index contributed by atoms with van der Waals surface area (Å²) in [4.78, 5) is 25.0. The number of rotatable bonds is 9. The number of carbonyl (C=O) groups is 2. The number of benzene rings is 2. The second kappa shape index (κ2) is 9.80. The lowest BCUT2D eigenvalue weighted by Gasteiger charge is -2.19. The van der Waals surface area contributed by atoms with Gasteiger partial charge in [0, 0.05) is 18.7 Å². The fraction of sp³-hybridized carbons (Fsp3) is 0.364. The molecule has 0 aliphatic carbocycles. The minimum absolute atomic E-state index is 0.0183. The van der Waals surface area contributed by atoms with Crippen LogP contribution >= 0.6 is 0 Å². The van der Waals surface area contributed by atoms with Gasteiger partial charge in [0.25, 0.3) is 0 Å². The predicted molar refractivity (Wildman–Crippen MR) is 112 cm³/mol. The van der Waals surface area contributed by atoms with Crippen LogP contribution in [0.1, 0.15) is 54.0 Å². The van der Waals surface area contributed by atoms with Gasteiger partial charge in [-0.05, 0) is 37.1 Å². The summed E-state index contributed by atoms with van der Waals surface area (Å²) >= 11 is 0. The molecular formula is C22H27NO5S. The Morgan fingerprint density at radius 2 is 1.59 bits per heavy atom. The van der Waals surface area contributed by atoms with Gasteiger partial charge in [-0.1, -0.05) is 51.1 Å². The van der Waals surface area contributed by atoms with Gasteiger partial charge >= 0.3 is 5.97 Å². The molecule has 29 heavy (non-hydrogen) atoms. The Labute approximate surface area is 172 Å². The summed E-state index contributed by atoms with van der Waals surface area (Å²) in [5.41, 5.74) is 1.65. The van der Waals surface area contributed by atoms with Gasteiger partial charge in [-0.15, -0.1) is 0 Å². The zero-order chi connectivity index (χ0) is 21.6. The van der Waals surface area contributed by atoms with Crippen molar-refractivity contribution in [1.29, 1.82) is 0 Å². The van der Waals surface area contributed by atoms with Crippen LogP contribution < -0.4 is 0 Å². The van der Waals surface area contributed by atoms with Crippen molar-refractivity contribution in [2.24, 2.45) is 0 Å². The van der Waals surface area contributed by atoms with E-state index in [0.29, 0.717) is 18.7 Å². The zero-order valence-electron chi connectivity index (χ0n) is 17.2. The van der Waals surface area contributed by atoms with E-state index >= 15 is 0 Å². The van der Waals surface area contributed by atoms with Gasteiger partial charge in [-0.25, -0.2) is 13.2 Å². The quantitative estimate of drug-likeness (QED) is 0.459. The van der Waals surface area contributed by atoms with Gasteiger partial charge in [-0.3, -0.25) is 4.79 Å². The van der Waals surface area contributed by atoms with Gasteiger partial charge in [0.15, 0.2) is 6.10 Å². The smallest absolute Gasteiger partial charge is 0.338 e. The number of esters is 1. The van der Waals surface area contributed by atoms with E-state index in [1.54, 1.807) is 26.0 Å². The van der Waals surface area contributed by atoms with Crippen LogP contribution in [0, 0.1) is 0 Å². The van der Waals surface area contributed by atoms with Gasteiger partial charge in [0.2, 0.25) is 15.8 Å². The number of ketones is 1. The average Bonchev–Trinajstić information content (AvgIpc) is 2.74. The number of ether oxygens (including phenoxy) is 1. The molecule has 0 heterocycles. The molecular weight excluding hydrogens is 390 g/mol. The topological polar surface area (TPSA) is 80.8 Å². The largest absolute Gasteiger partial charge is 0.451 e. The molecule has 0 aliphatic heterocycles. The molecule has 1 unspecified atom stereocenters. The summed E-state index contributed by atoms with van der Waals surface area (Å²) in [6.45, 7) is 7.69. The maximum atomic E-state index is 12.7.